The summed E-state index contributed by atoms with van der Waals surface area (Å²) in [6, 6.07) is 4.66. The highest BCUT2D eigenvalue weighted by molar-refractivity contribution is 7.99. The van der Waals surface area contributed by atoms with Crippen molar-refractivity contribution in [3.8, 4) is 0 Å². The summed E-state index contributed by atoms with van der Waals surface area (Å²) < 4.78 is 27.5. The van der Waals surface area contributed by atoms with Crippen LogP contribution in [0, 0.1) is 11.6 Å². The molecule has 0 fully saturated rings. The average Bonchev–Trinajstić information content (AvgIpc) is 2.87. The van der Waals surface area contributed by atoms with E-state index in [2.05, 4.69) is 5.10 Å². The summed E-state index contributed by atoms with van der Waals surface area (Å²) in [5.41, 5.74) is 0. The van der Waals surface area contributed by atoms with E-state index in [4.69, 9.17) is 0 Å². The molecule has 21 heavy (non-hydrogen) atoms. The van der Waals surface area contributed by atoms with Crippen molar-refractivity contribution >= 4 is 17.8 Å². The van der Waals surface area contributed by atoms with Gasteiger partial charge in [0.2, 0.25) is 0 Å². The van der Waals surface area contributed by atoms with Gasteiger partial charge in [0.15, 0.2) is 0 Å². The Balaban J connectivity index is 2.14. The molecule has 7 heteroatoms. The largest absolute Gasteiger partial charge is 0.344 e. The zero-order valence-corrected chi connectivity index (χ0v) is 12.5. The van der Waals surface area contributed by atoms with Crippen LogP contribution in [-0.2, 0) is 0 Å². The van der Waals surface area contributed by atoms with Gasteiger partial charge in [-0.1, -0.05) is 11.8 Å². The normalized spacial score (nSPS) is 10.7. The van der Waals surface area contributed by atoms with Gasteiger partial charge in [-0.25, -0.2) is 13.6 Å². The molecule has 2 aromatic rings. The number of nitrogens with zero attached hydrogens (tertiary/aromatic N) is 3. The molecule has 0 aliphatic rings. The average molecular weight is 311 g/mol. The predicted molar refractivity (Wildman–Crippen MR) is 76.4 cm³/mol. The van der Waals surface area contributed by atoms with Crippen LogP contribution in [0.3, 0.4) is 0 Å². The molecule has 4 nitrogen and oxygen atoms in total. The lowest BCUT2D eigenvalue weighted by molar-refractivity contribution is 0.201. The number of carbonyl (C=O) groups is 1. The van der Waals surface area contributed by atoms with Gasteiger partial charge in [0.25, 0.3) is 0 Å². The van der Waals surface area contributed by atoms with E-state index >= 15 is 0 Å². The van der Waals surface area contributed by atoms with E-state index in [0.717, 1.165) is 17.8 Å². The third kappa shape index (κ3) is 3.81. The van der Waals surface area contributed by atoms with Crippen LogP contribution in [0.25, 0.3) is 0 Å². The number of amides is 1. The second kappa shape index (κ2) is 6.71. The van der Waals surface area contributed by atoms with Crippen molar-refractivity contribution < 1.29 is 13.6 Å². The van der Waals surface area contributed by atoms with Gasteiger partial charge in [0, 0.05) is 30.2 Å². The van der Waals surface area contributed by atoms with E-state index in [1.807, 2.05) is 13.8 Å². The fourth-order valence-corrected chi connectivity index (χ4v) is 2.66. The molecule has 112 valence electrons. The topological polar surface area (TPSA) is 38.1 Å². The van der Waals surface area contributed by atoms with E-state index in [-0.39, 0.29) is 6.03 Å². The Morgan fingerprint density at radius 2 is 1.86 bits per heavy atom. The second-order valence-corrected chi connectivity index (χ2v) is 5.35. The van der Waals surface area contributed by atoms with Crippen molar-refractivity contribution in [1.29, 1.82) is 0 Å². The third-order valence-corrected chi connectivity index (χ3v) is 3.75. The Bertz CT molecular complexity index is 621. The zero-order chi connectivity index (χ0) is 15.4. The maximum Gasteiger partial charge on any atom is 0.344 e. The van der Waals surface area contributed by atoms with E-state index in [1.54, 1.807) is 17.2 Å². The molecule has 0 bridgehead atoms. The number of rotatable bonds is 4. The van der Waals surface area contributed by atoms with Gasteiger partial charge in [0.05, 0.1) is 0 Å². The molecular weight excluding hydrogens is 296 g/mol. The molecule has 0 saturated heterocycles. The van der Waals surface area contributed by atoms with Crippen molar-refractivity contribution in [2.24, 2.45) is 0 Å². The number of halogens is 2. The minimum absolute atomic E-state index is 0.225. The minimum Gasteiger partial charge on any atom is -0.323 e. The van der Waals surface area contributed by atoms with Gasteiger partial charge >= 0.3 is 6.03 Å². The fourth-order valence-electron chi connectivity index (χ4n) is 1.82. The summed E-state index contributed by atoms with van der Waals surface area (Å²) in [4.78, 5) is 14.1. The van der Waals surface area contributed by atoms with Crippen LogP contribution in [0.2, 0.25) is 0 Å². The lowest BCUT2D eigenvalue weighted by atomic mass is 10.3. The van der Waals surface area contributed by atoms with Gasteiger partial charge in [-0.2, -0.15) is 9.78 Å². The number of carbonyl (C=O) groups excluding carboxylic acids is 1. The van der Waals surface area contributed by atoms with E-state index < -0.39 is 11.6 Å². The number of benzene rings is 1. The van der Waals surface area contributed by atoms with Crippen LogP contribution in [0.5, 0.6) is 0 Å². The molecule has 0 radical (unpaired) electrons. The van der Waals surface area contributed by atoms with Crippen molar-refractivity contribution in [1.82, 2.24) is 14.7 Å². The highest BCUT2D eigenvalue weighted by Gasteiger charge is 2.14. The summed E-state index contributed by atoms with van der Waals surface area (Å²) in [6.45, 7) is 4.95. The Kier molecular flexibility index (Phi) is 4.95. The Hall–Kier alpha value is -1.89. The summed E-state index contributed by atoms with van der Waals surface area (Å²) >= 11 is 1.10. The maximum atomic E-state index is 13.1. The lowest BCUT2D eigenvalue weighted by Crippen LogP contribution is -2.34. The monoisotopic (exact) mass is 311 g/mol. The molecule has 1 heterocycles. The SMILES string of the molecule is CCN(CC)C(=O)n1ccc(Sc2cc(F)cc(F)c2)n1. The Labute approximate surface area is 125 Å². The van der Waals surface area contributed by atoms with Gasteiger partial charge in [0.1, 0.15) is 16.7 Å². The van der Waals surface area contributed by atoms with E-state index in [0.29, 0.717) is 23.0 Å². The van der Waals surface area contributed by atoms with Crippen LogP contribution in [0.4, 0.5) is 13.6 Å². The van der Waals surface area contributed by atoms with Crippen LogP contribution >= 0.6 is 11.8 Å². The van der Waals surface area contributed by atoms with Gasteiger partial charge in [-0.3, -0.25) is 0 Å². The highest BCUT2D eigenvalue weighted by Crippen LogP contribution is 2.27. The molecule has 1 aromatic heterocycles. The molecule has 0 atom stereocenters. The molecule has 2 rings (SSSR count). The first kappa shape index (κ1) is 15.5. The highest BCUT2D eigenvalue weighted by atomic mass is 32.2. The fraction of sp³-hybridized carbons (Fsp3) is 0.286. The molecule has 0 aliphatic heterocycles. The molecule has 0 unspecified atom stereocenters. The van der Waals surface area contributed by atoms with Crippen LogP contribution in [0.1, 0.15) is 13.8 Å². The minimum atomic E-state index is -0.642. The predicted octanol–water partition coefficient (Wildman–Crippen LogP) is 3.62. The zero-order valence-electron chi connectivity index (χ0n) is 11.7. The van der Waals surface area contributed by atoms with Gasteiger partial charge in [-0.15, -0.1) is 0 Å². The van der Waals surface area contributed by atoms with E-state index in [1.165, 1.54) is 16.8 Å². The molecule has 1 amide bonds. The smallest absolute Gasteiger partial charge is 0.323 e. The number of aromatic nitrogens is 2. The molecular formula is C14H15F2N3OS. The van der Waals surface area contributed by atoms with Crippen molar-refractivity contribution in [3.05, 3.63) is 42.1 Å². The summed E-state index contributed by atoms with van der Waals surface area (Å²) in [5, 5.41) is 4.63. The quantitative estimate of drug-likeness (QED) is 0.865. The lowest BCUT2D eigenvalue weighted by Gasteiger charge is -2.17. The van der Waals surface area contributed by atoms with Crippen LogP contribution in [0.15, 0.2) is 40.4 Å². The van der Waals surface area contributed by atoms with Gasteiger partial charge in [-0.05, 0) is 32.0 Å². The summed E-state index contributed by atoms with van der Waals surface area (Å²) in [5.74, 6) is -1.28. The van der Waals surface area contributed by atoms with Gasteiger partial charge < -0.3 is 4.90 Å². The molecule has 0 spiro atoms. The summed E-state index contributed by atoms with van der Waals surface area (Å²) in [7, 11) is 0. The molecule has 0 saturated carbocycles. The second-order valence-electron chi connectivity index (χ2n) is 4.26. The first-order valence-corrected chi connectivity index (χ1v) is 7.34. The van der Waals surface area contributed by atoms with Crippen molar-refractivity contribution in [2.45, 2.75) is 23.8 Å². The number of hydrogen-bond acceptors (Lipinski definition) is 3. The maximum absolute atomic E-state index is 13.1. The number of hydrogen-bond donors (Lipinski definition) is 0. The summed E-state index contributed by atoms with van der Waals surface area (Å²) in [6.07, 6.45) is 1.54. The standard InChI is InChI=1S/C14H15F2N3OS/c1-3-18(4-2)14(20)19-6-5-13(17-19)21-12-8-10(15)7-11(16)9-12/h5-9H,3-4H2,1-2H3. The van der Waals surface area contributed by atoms with E-state index in [9.17, 15) is 13.6 Å². The van der Waals surface area contributed by atoms with Crippen LogP contribution in [-0.4, -0.2) is 33.8 Å². The first-order valence-electron chi connectivity index (χ1n) is 6.52. The molecule has 0 N–H and O–H groups in total. The molecule has 0 aliphatic carbocycles. The molecule has 1 aromatic carbocycles. The van der Waals surface area contributed by atoms with Crippen LogP contribution < -0.4 is 0 Å². The third-order valence-electron chi connectivity index (χ3n) is 2.85. The van der Waals surface area contributed by atoms with Crippen molar-refractivity contribution in [2.75, 3.05) is 13.1 Å². The first-order chi connectivity index (χ1) is 10.0. The van der Waals surface area contributed by atoms with Crippen molar-refractivity contribution in [3.63, 3.8) is 0 Å². The Morgan fingerprint density at radius 3 is 2.43 bits per heavy atom. The Morgan fingerprint density at radius 1 is 1.24 bits per heavy atom.